The van der Waals surface area contributed by atoms with Crippen molar-refractivity contribution in [2.75, 3.05) is 19.0 Å². The fraction of sp³-hybridized carbons (Fsp3) is 0.308. The van der Waals surface area contributed by atoms with E-state index in [-0.39, 0.29) is 9.92 Å². The minimum Gasteiger partial charge on any atom is -0.383 e. The number of nitrogens with one attached hydrogen (secondary N) is 1. The van der Waals surface area contributed by atoms with Gasteiger partial charge in [0.2, 0.25) is 10.0 Å². The van der Waals surface area contributed by atoms with Crippen molar-refractivity contribution in [2.45, 2.75) is 18.0 Å². The Hall–Kier alpha value is -1.61. The zero-order valence-corrected chi connectivity index (χ0v) is 13.6. The van der Waals surface area contributed by atoms with E-state index in [1.54, 1.807) is 24.1 Å². The van der Waals surface area contributed by atoms with Crippen molar-refractivity contribution in [1.82, 2.24) is 9.78 Å². The van der Waals surface area contributed by atoms with Crippen LogP contribution in [-0.2, 0) is 27.8 Å². The van der Waals surface area contributed by atoms with E-state index in [9.17, 15) is 8.42 Å². The molecule has 0 bridgehead atoms. The van der Waals surface area contributed by atoms with Crippen LogP contribution in [0.25, 0.3) is 0 Å². The number of hydrogen-bond acceptors (Lipinski definition) is 5. The molecule has 0 fully saturated rings. The van der Waals surface area contributed by atoms with Gasteiger partial charge in [-0.25, -0.2) is 13.6 Å². The Labute approximate surface area is 134 Å². The molecule has 1 aromatic heterocycles. The second kappa shape index (κ2) is 7.10. The minimum atomic E-state index is -3.85. The number of benzene rings is 1. The predicted octanol–water partition coefficient (Wildman–Crippen LogP) is 1.44. The van der Waals surface area contributed by atoms with Gasteiger partial charge in [0.1, 0.15) is 4.90 Å². The smallest absolute Gasteiger partial charge is 0.239 e. The van der Waals surface area contributed by atoms with Crippen LogP contribution in [0.15, 0.2) is 35.5 Å². The van der Waals surface area contributed by atoms with Gasteiger partial charge in [0.25, 0.3) is 0 Å². The highest BCUT2D eigenvalue weighted by Crippen LogP contribution is 2.24. The van der Waals surface area contributed by atoms with Gasteiger partial charge in [-0.15, -0.1) is 0 Å². The molecule has 0 spiro atoms. The second-order valence-corrected chi connectivity index (χ2v) is 6.59. The molecule has 1 heterocycles. The molecule has 0 amide bonds. The number of sulfonamides is 1. The largest absolute Gasteiger partial charge is 0.383 e. The Kier molecular flexibility index (Phi) is 5.41. The first-order chi connectivity index (χ1) is 10.4. The quantitative estimate of drug-likeness (QED) is 0.791. The lowest BCUT2D eigenvalue weighted by molar-refractivity contribution is 0.183. The first-order valence-electron chi connectivity index (χ1n) is 6.46. The average Bonchev–Trinajstić information content (AvgIpc) is 2.91. The van der Waals surface area contributed by atoms with E-state index in [0.717, 1.165) is 5.56 Å². The SMILES string of the molecule is COCCn1cc(CNc2ccc(Cl)c(S(N)(=O)=O)c2)cn1. The lowest BCUT2D eigenvalue weighted by Crippen LogP contribution is -2.13. The van der Waals surface area contributed by atoms with Gasteiger partial charge in [0.05, 0.1) is 24.4 Å². The normalized spacial score (nSPS) is 11.6. The lowest BCUT2D eigenvalue weighted by Gasteiger charge is -2.08. The third-order valence-corrected chi connectivity index (χ3v) is 4.34. The first-order valence-corrected chi connectivity index (χ1v) is 8.39. The molecule has 2 rings (SSSR count). The Balaban J connectivity index is 2.04. The highest BCUT2D eigenvalue weighted by atomic mass is 35.5. The summed E-state index contributed by atoms with van der Waals surface area (Å²) in [5, 5.41) is 12.5. The maximum Gasteiger partial charge on any atom is 0.239 e. The zero-order valence-electron chi connectivity index (χ0n) is 12.0. The first kappa shape index (κ1) is 16.8. The van der Waals surface area contributed by atoms with E-state index in [2.05, 4.69) is 10.4 Å². The van der Waals surface area contributed by atoms with Crippen LogP contribution in [0, 0.1) is 0 Å². The van der Waals surface area contributed by atoms with Crippen molar-refractivity contribution < 1.29 is 13.2 Å². The van der Waals surface area contributed by atoms with Gasteiger partial charge in [0, 0.05) is 31.1 Å². The highest BCUT2D eigenvalue weighted by Gasteiger charge is 2.13. The summed E-state index contributed by atoms with van der Waals surface area (Å²) >= 11 is 5.84. The lowest BCUT2D eigenvalue weighted by atomic mass is 10.3. The predicted molar refractivity (Wildman–Crippen MR) is 84.3 cm³/mol. The fourth-order valence-corrected chi connectivity index (χ4v) is 2.91. The third-order valence-electron chi connectivity index (χ3n) is 2.95. The fourth-order valence-electron chi connectivity index (χ4n) is 1.84. The summed E-state index contributed by atoms with van der Waals surface area (Å²) in [7, 11) is -2.21. The number of hydrogen-bond donors (Lipinski definition) is 2. The van der Waals surface area contributed by atoms with Crippen LogP contribution in [-0.4, -0.2) is 31.9 Å². The summed E-state index contributed by atoms with van der Waals surface area (Å²) in [4.78, 5) is -0.102. The maximum absolute atomic E-state index is 11.4. The van der Waals surface area contributed by atoms with Crippen LogP contribution >= 0.6 is 11.6 Å². The number of rotatable bonds is 7. The number of halogens is 1. The molecule has 0 aliphatic rings. The molecule has 7 nitrogen and oxygen atoms in total. The molecule has 0 aliphatic carbocycles. The monoisotopic (exact) mass is 344 g/mol. The molecular weight excluding hydrogens is 328 g/mol. The van der Waals surface area contributed by atoms with Crippen LogP contribution in [0.1, 0.15) is 5.56 Å². The van der Waals surface area contributed by atoms with Gasteiger partial charge in [-0.2, -0.15) is 5.10 Å². The van der Waals surface area contributed by atoms with Crippen LogP contribution in [0.4, 0.5) is 5.69 Å². The molecule has 1 aromatic carbocycles. The summed E-state index contributed by atoms with van der Waals surface area (Å²) in [6.07, 6.45) is 3.63. The van der Waals surface area contributed by atoms with Gasteiger partial charge >= 0.3 is 0 Å². The van der Waals surface area contributed by atoms with Gasteiger partial charge in [-0.3, -0.25) is 4.68 Å². The minimum absolute atomic E-state index is 0.0976. The van der Waals surface area contributed by atoms with Crippen LogP contribution in [0.3, 0.4) is 0 Å². The molecule has 120 valence electrons. The second-order valence-electron chi connectivity index (χ2n) is 4.65. The topological polar surface area (TPSA) is 99.2 Å². The Morgan fingerprint density at radius 2 is 2.23 bits per heavy atom. The van der Waals surface area contributed by atoms with Gasteiger partial charge in [0.15, 0.2) is 0 Å². The van der Waals surface area contributed by atoms with Gasteiger partial charge in [-0.05, 0) is 18.2 Å². The molecule has 0 radical (unpaired) electrons. The molecule has 3 N–H and O–H groups in total. The number of primary sulfonamides is 1. The van der Waals surface area contributed by atoms with E-state index in [1.807, 2.05) is 6.20 Å². The van der Waals surface area contributed by atoms with E-state index >= 15 is 0 Å². The molecule has 9 heteroatoms. The summed E-state index contributed by atoms with van der Waals surface area (Å²) in [6, 6.07) is 4.59. The standard InChI is InChI=1S/C13H17ClN4O3S/c1-21-5-4-18-9-10(8-17-18)7-16-11-2-3-12(14)13(6-11)22(15,19)20/h2-3,6,8-9,16H,4-5,7H2,1H3,(H2,15,19,20). The van der Waals surface area contributed by atoms with Crippen molar-refractivity contribution in [3.63, 3.8) is 0 Å². The molecular formula is C13H17ClN4O3S. The Morgan fingerprint density at radius 3 is 2.91 bits per heavy atom. The molecule has 0 saturated carbocycles. The zero-order chi connectivity index (χ0) is 16.2. The number of aromatic nitrogens is 2. The third kappa shape index (κ3) is 4.44. The van der Waals surface area contributed by atoms with Crippen LogP contribution < -0.4 is 10.5 Å². The van der Waals surface area contributed by atoms with Crippen molar-refractivity contribution in [3.05, 3.63) is 41.2 Å². The number of ether oxygens (including phenoxy) is 1. The highest BCUT2D eigenvalue weighted by molar-refractivity contribution is 7.89. The number of anilines is 1. The average molecular weight is 345 g/mol. The summed E-state index contributed by atoms with van der Waals surface area (Å²) < 4.78 is 29.6. The summed E-state index contributed by atoms with van der Waals surface area (Å²) in [5.74, 6) is 0. The Morgan fingerprint density at radius 1 is 1.45 bits per heavy atom. The molecule has 0 atom stereocenters. The van der Waals surface area contributed by atoms with E-state index < -0.39 is 10.0 Å². The summed E-state index contributed by atoms with van der Waals surface area (Å²) in [5.41, 5.74) is 1.57. The van der Waals surface area contributed by atoms with Crippen molar-refractivity contribution in [2.24, 2.45) is 5.14 Å². The van der Waals surface area contributed by atoms with Crippen LogP contribution in [0.5, 0.6) is 0 Å². The number of nitrogens with zero attached hydrogens (tertiary/aromatic N) is 2. The maximum atomic E-state index is 11.4. The summed E-state index contributed by atoms with van der Waals surface area (Å²) in [6.45, 7) is 1.76. The van der Waals surface area contributed by atoms with E-state index in [1.165, 1.54) is 12.1 Å². The van der Waals surface area contributed by atoms with Crippen molar-refractivity contribution >= 4 is 27.3 Å². The molecule has 0 saturated heterocycles. The molecule has 22 heavy (non-hydrogen) atoms. The van der Waals surface area contributed by atoms with Gasteiger partial charge < -0.3 is 10.1 Å². The molecule has 2 aromatic rings. The number of methoxy groups -OCH3 is 1. The van der Waals surface area contributed by atoms with Crippen LogP contribution in [0.2, 0.25) is 5.02 Å². The van der Waals surface area contributed by atoms with Crippen molar-refractivity contribution in [1.29, 1.82) is 0 Å². The number of nitrogens with two attached hydrogens (primary N) is 1. The van der Waals surface area contributed by atoms with E-state index in [4.69, 9.17) is 21.5 Å². The van der Waals surface area contributed by atoms with E-state index in [0.29, 0.717) is 25.4 Å². The van der Waals surface area contributed by atoms with Crippen molar-refractivity contribution in [3.8, 4) is 0 Å². The molecule has 0 aliphatic heterocycles. The van der Waals surface area contributed by atoms with Gasteiger partial charge in [-0.1, -0.05) is 11.6 Å². The molecule has 0 unspecified atom stereocenters. The Bertz CT molecular complexity index is 745.